The zero-order chi connectivity index (χ0) is 30.4. The molecule has 5 saturated carbocycles. The first-order valence-corrected chi connectivity index (χ1v) is 17.1. The fraction of sp³-hybridized carbons (Fsp3) is 0.789. The van der Waals surface area contributed by atoms with Crippen LogP contribution in [-0.2, 0) is 9.53 Å². The smallest absolute Gasteiger partial charge is 0.337 e. The second-order valence-electron chi connectivity index (χ2n) is 17.4. The normalized spacial score (nSPS) is 44.2. The molecule has 0 amide bonds. The Morgan fingerprint density at radius 3 is 2.14 bits per heavy atom. The van der Waals surface area contributed by atoms with Crippen molar-refractivity contribution in [3.05, 3.63) is 35.4 Å². The lowest BCUT2D eigenvalue weighted by Gasteiger charge is -2.67. The van der Waals surface area contributed by atoms with Gasteiger partial charge >= 0.3 is 11.9 Å². The van der Waals surface area contributed by atoms with Gasteiger partial charge in [-0.05, 0) is 145 Å². The molecule has 232 valence electrons. The molecule has 0 bridgehead atoms. The SMILES string of the molecule is COC(=O)c1ccc(C2CC(C)C3C(CCC4(C)C5CCC6(C(=O)O)CCC(C(C)(C)C)C6C5CCC34)C2(C)C)cc1. The van der Waals surface area contributed by atoms with Crippen LogP contribution in [0.2, 0.25) is 0 Å². The van der Waals surface area contributed by atoms with Gasteiger partial charge < -0.3 is 9.84 Å². The molecule has 6 rings (SSSR count). The number of esters is 1. The first-order chi connectivity index (χ1) is 19.7. The Balaban J connectivity index is 1.29. The Labute approximate surface area is 254 Å². The molecule has 11 atom stereocenters. The van der Waals surface area contributed by atoms with Crippen LogP contribution in [0.4, 0.5) is 0 Å². The number of rotatable bonds is 3. The van der Waals surface area contributed by atoms with Crippen LogP contribution in [-0.4, -0.2) is 24.2 Å². The largest absolute Gasteiger partial charge is 0.481 e. The van der Waals surface area contributed by atoms with Crippen LogP contribution in [0.1, 0.15) is 128 Å². The molecule has 0 spiro atoms. The Hall–Kier alpha value is -1.84. The number of hydrogen-bond acceptors (Lipinski definition) is 3. The van der Waals surface area contributed by atoms with Crippen molar-refractivity contribution in [1.82, 2.24) is 0 Å². The summed E-state index contributed by atoms with van der Waals surface area (Å²) in [4.78, 5) is 25.0. The van der Waals surface area contributed by atoms with E-state index in [9.17, 15) is 14.7 Å². The molecule has 1 aromatic carbocycles. The zero-order valence-electron chi connectivity index (χ0n) is 27.5. The van der Waals surface area contributed by atoms with Crippen LogP contribution in [0.5, 0.6) is 0 Å². The summed E-state index contributed by atoms with van der Waals surface area (Å²) in [5.41, 5.74) is 2.17. The van der Waals surface area contributed by atoms with E-state index in [0.29, 0.717) is 52.4 Å². The Morgan fingerprint density at radius 2 is 1.52 bits per heavy atom. The number of carbonyl (C=O) groups is 2. The van der Waals surface area contributed by atoms with Crippen molar-refractivity contribution in [1.29, 1.82) is 0 Å². The molecule has 0 heterocycles. The van der Waals surface area contributed by atoms with Crippen LogP contribution in [0.15, 0.2) is 24.3 Å². The number of hydrogen-bond donors (Lipinski definition) is 1. The van der Waals surface area contributed by atoms with Gasteiger partial charge in [-0.25, -0.2) is 4.79 Å². The number of fused-ring (bicyclic) bond motifs is 7. The van der Waals surface area contributed by atoms with Gasteiger partial charge in [0.2, 0.25) is 0 Å². The molecule has 1 N–H and O–H groups in total. The van der Waals surface area contributed by atoms with Crippen LogP contribution in [0.3, 0.4) is 0 Å². The lowest BCUT2D eigenvalue weighted by atomic mass is 9.37. The number of carbonyl (C=O) groups excluding carboxylic acids is 1. The number of ether oxygens (including phenoxy) is 1. The Bertz CT molecular complexity index is 1210. The number of aliphatic carboxylic acids is 1. The molecular formula is C38H56O4. The molecular weight excluding hydrogens is 520 g/mol. The zero-order valence-corrected chi connectivity index (χ0v) is 27.5. The predicted molar refractivity (Wildman–Crippen MR) is 167 cm³/mol. The lowest BCUT2D eigenvalue weighted by molar-refractivity contribution is -0.190. The van der Waals surface area contributed by atoms with Crippen molar-refractivity contribution in [2.45, 2.75) is 112 Å². The number of carboxylic acid groups (broad SMARTS) is 1. The number of carboxylic acids is 1. The summed E-state index contributed by atoms with van der Waals surface area (Å²) in [5, 5.41) is 10.7. The van der Waals surface area contributed by atoms with E-state index in [0.717, 1.165) is 37.5 Å². The summed E-state index contributed by atoms with van der Waals surface area (Å²) < 4.78 is 4.94. The maximum atomic E-state index is 13.0. The fourth-order valence-corrected chi connectivity index (χ4v) is 12.8. The molecule has 4 nitrogen and oxygen atoms in total. The van der Waals surface area contributed by atoms with Gasteiger partial charge in [0.05, 0.1) is 18.1 Å². The quantitative estimate of drug-likeness (QED) is 0.364. The molecule has 0 aromatic heterocycles. The van der Waals surface area contributed by atoms with E-state index in [1.165, 1.54) is 44.8 Å². The monoisotopic (exact) mass is 576 g/mol. The predicted octanol–water partition coefficient (Wildman–Crippen LogP) is 9.23. The molecule has 42 heavy (non-hydrogen) atoms. The molecule has 5 aliphatic carbocycles. The van der Waals surface area contributed by atoms with E-state index >= 15 is 0 Å². The first kappa shape index (κ1) is 30.2. The molecule has 0 saturated heterocycles. The van der Waals surface area contributed by atoms with Crippen LogP contribution < -0.4 is 0 Å². The highest BCUT2D eigenvalue weighted by atomic mass is 16.5. The van der Waals surface area contributed by atoms with E-state index in [-0.39, 0.29) is 16.8 Å². The third kappa shape index (κ3) is 4.26. The van der Waals surface area contributed by atoms with Crippen LogP contribution in [0, 0.1) is 69.0 Å². The van der Waals surface area contributed by atoms with Crippen molar-refractivity contribution in [3.63, 3.8) is 0 Å². The first-order valence-electron chi connectivity index (χ1n) is 17.1. The van der Waals surface area contributed by atoms with Gasteiger partial charge in [0.25, 0.3) is 0 Å². The van der Waals surface area contributed by atoms with Crippen molar-refractivity contribution in [2.24, 2.45) is 69.0 Å². The average molecular weight is 577 g/mol. The lowest BCUT2D eigenvalue weighted by Crippen LogP contribution is -2.61. The summed E-state index contributed by atoms with van der Waals surface area (Å²) in [6.45, 7) is 17.3. The second-order valence-corrected chi connectivity index (χ2v) is 17.4. The van der Waals surface area contributed by atoms with Crippen molar-refractivity contribution >= 4 is 11.9 Å². The second kappa shape index (κ2) is 10.1. The van der Waals surface area contributed by atoms with E-state index < -0.39 is 11.4 Å². The van der Waals surface area contributed by atoms with Gasteiger partial charge in [-0.1, -0.05) is 60.6 Å². The van der Waals surface area contributed by atoms with E-state index in [1.807, 2.05) is 12.1 Å². The van der Waals surface area contributed by atoms with Crippen LogP contribution >= 0.6 is 0 Å². The van der Waals surface area contributed by atoms with Gasteiger partial charge in [-0.15, -0.1) is 0 Å². The van der Waals surface area contributed by atoms with Crippen LogP contribution in [0.25, 0.3) is 0 Å². The Morgan fingerprint density at radius 1 is 0.881 bits per heavy atom. The molecule has 5 aliphatic rings. The highest BCUT2D eigenvalue weighted by molar-refractivity contribution is 5.89. The molecule has 0 aliphatic heterocycles. The summed E-state index contributed by atoms with van der Waals surface area (Å²) in [7, 11) is 1.44. The highest BCUT2D eigenvalue weighted by Gasteiger charge is 2.67. The minimum Gasteiger partial charge on any atom is -0.481 e. The average Bonchev–Trinajstić information content (AvgIpc) is 3.36. The summed E-state index contributed by atoms with van der Waals surface area (Å²) in [6, 6.07) is 8.24. The summed E-state index contributed by atoms with van der Waals surface area (Å²) in [6.07, 6.45) is 10.3. The van der Waals surface area contributed by atoms with Crippen molar-refractivity contribution in [2.75, 3.05) is 7.11 Å². The van der Waals surface area contributed by atoms with Crippen molar-refractivity contribution in [3.8, 4) is 0 Å². The van der Waals surface area contributed by atoms with E-state index in [2.05, 4.69) is 60.6 Å². The van der Waals surface area contributed by atoms with Gasteiger partial charge in [-0.2, -0.15) is 0 Å². The maximum Gasteiger partial charge on any atom is 0.337 e. The maximum absolute atomic E-state index is 13.0. The fourth-order valence-electron chi connectivity index (χ4n) is 12.8. The number of benzene rings is 1. The Kier molecular flexibility index (Phi) is 7.26. The van der Waals surface area contributed by atoms with E-state index in [1.54, 1.807) is 0 Å². The highest BCUT2D eigenvalue weighted by Crippen LogP contribution is 2.73. The minimum absolute atomic E-state index is 0.158. The third-order valence-electron chi connectivity index (χ3n) is 14.7. The third-order valence-corrected chi connectivity index (χ3v) is 14.7. The van der Waals surface area contributed by atoms with Gasteiger partial charge in [0, 0.05) is 0 Å². The van der Waals surface area contributed by atoms with Crippen molar-refractivity contribution < 1.29 is 19.4 Å². The summed E-state index contributed by atoms with van der Waals surface area (Å²) in [5.74, 6) is 4.61. The molecule has 1 aromatic rings. The van der Waals surface area contributed by atoms with E-state index in [4.69, 9.17) is 4.74 Å². The van der Waals surface area contributed by atoms with Gasteiger partial charge in [0.1, 0.15) is 0 Å². The number of methoxy groups -OCH3 is 1. The minimum atomic E-state index is -0.498. The van der Waals surface area contributed by atoms with Gasteiger partial charge in [0.15, 0.2) is 0 Å². The standard InChI is InChI=1S/C38H56O4/c1-22-21-30(23-9-11-24(12-10-23)33(39)42-8)36(5,6)27-15-18-37(7)26-16-19-38(34(40)41)20-17-29(35(2,3)4)32(38)25(26)13-14-28(37)31(22)27/h9-12,22,25-32H,13-21H2,1-8H3,(H,40,41). The topological polar surface area (TPSA) is 63.6 Å². The summed E-state index contributed by atoms with van der Waals surface area (Å²) >= 11 is 0. The molecule has 0 radical (unpaired) electrons. The molecule has 5 fully saturated rings. The van der Waals surface area contributed by atoms with Gasteiger partial charge in [-0.3, -0.25) is 4.79 Å². The molecule has 4 heteroatoms. The molecule has 11 unspecified atom stereocenters.